The van der Waals surface area contributed by atoms with Crippen LogP contribution >= 0.6 is 11.6 Å². The van der Waals surface area contributed by atoms with Crippen molar-refractivity contribution < 1.29 is 23.4 Å². The lowest BCUT2D eigenvalue weighted by molar-refractivity contribution is -0.191. The summed E-state index contributed by atoms with van der Waals surface area (Å²) >= 11 is 5.50. The van der Waals surface area contributed by atoms with Crippen molar-refractivity contribution in [3.05, 3.63) is 33.8 Å². The Bertz CT molecular complexity index is 473. The molecule has 3 nitrogen and oxygen atoms in total. The molecular weight excluding hydrogens is 259 g/mol. The third-order valence-corrected chi connectivity index (χ3v) is 3.02. The lowest BCUT2D eigenvalue weighted by Gasteiger charge is -2.17. The highest BCUT2D eigenvalue weighted by Crippen LogP contribution is 2.42. The Labute approximate surface area is 99.8 Å². The number of benzene rings is 1. The largest absolute Gasteiger partial charge is 0.417 e. The van der Waals surface area contributed by atoms with Crippen LogP contribution in [0.15, 0.2) is 12.1 Å². The second-order valence-electron chi connectivity index (χ2n) is 3.96. The minimum Gasteiger partial charge on any atom is -0.350 e. The molecule has 0 saturated heterocycles. The van der Waals surface area contributed by atoms with E-state index < -0.39 is 28.7 Å². The lowest BCUT2D eigenvalue weighted by atomic mass is 10.0. The van der Waals surface area contributed by atoms with Gasteiger partial charge in [0.2, 0.25) is 0 Å². The first-order valence-electron chi connectivity index (χ1n) is 4.76. The van der Waals surface area contributed by atoms with Gasteiger partial charge in [-0.3, -0.25) is 5.32 Å². The van der Waals surface area contributed by atoms with Gasteiger partial charge in [-0.1, -0.05) is 11.6 Å². The number of nitrogens with one attached hydrogen (secondary N) is 1. The zero-order chi connectivity index (χ0) is 13.0. The van der Waals surface area contributed by atoms with E-state index in [4.69, 9.17) is 11.6 Å². The van der Waals surface area contributed by atoms with Crippen molar-refractivity contribution in [3.8, 4) is 0 Å². The van der Waals surface area contributed by atoms with E-state index in [0.29, 0.717) is 0 Å². The molecule has 94 valence electrons. The monoisotopic (exact) mass is 267 g/mol. The van der Waals surface area contributed by atoms with Crippen molar-refractivity contribution >= 4 is 11.6 Å². The SMILES string of the molecule is CC1NC(O)(O)c2cc(Cl)c(C(F)(F)F)cc21. The van der Waals surface area contributed by atoms with Crippen molar-refractivity contribution in [1.82, 2.24) is 5.32 Å². The van der Waals surface area contributed by atoms with Crippen LogP contribution in [0.5, 0.6) is 0 Å². The van der Waals surface area contributed by atoms with Gasteiger partial charge in [0.1, 0.15) is 0 Å². The Balaban J connectivity index is 2.63. The van der Waals surface area contributed by atoms with Crippen LogP contribution < -0.4 is 5.32 Å². The van der Waals surface area contributed by atoms with E-state index in [1.54, 1.807) is 0 Å². The third-order valence-electron chi connectivity index (χ3n) is 2.70. The molecule has 0 bridgehead atoms. The summed E-state index contributed by atoms with van der Waals surface area (Å²) in [6.07, 6.45) is -4.57. The van der Waals surface area contributed by atoms with E-state index >= 15 is 0 Å². The smallest absolute Gasteiger partial charge is 0.350 e. The molecule has 1 heterocycles. The highest BCUT2D eigenvalue weighted by atomic mass is 35.5. The molecule has 1 aromatic carbocycles. The van der Waals surface area contributed by atoms with Gasteiger partial charge in [-0.05, 0) is 24.6 Å². The lowest BCUT2D eigenvalue weighted by Crippen LogP contribution is -2.36. The van der Waals surface area contributed by atoms with Gasteiger partial charge in [-0.2, -0.15) is 13.2 Å². The van der Waals surface area contributed by atoms with Crippen molar-refractivity contribution in [2.75, 3.05) is 0 Å². The quantitative estimate of drug-likeness (QED) is 0.631. The Morgan fingerprint density at radius 3 is 2.47 bits per heavy atom. The molecule has 0 radical (unpaired) electrons. The second kappa shape index (κ2) is 3.58. The van der Waals surface area contributed by atoms with Gasteiger partial charge in [0.25, 0.3) is 5.91 Å². The maximum absolute atomic E-state index is 12.6. The van der Waals surface area contributed by atoms with Crippen LogP contribution in [0.3, 0.4) is 0 Å². The van der Waals surface area contributed by atoms with E-state index in [9.17, 15) is 23.4 Å². The fourth-order valence-corrected chi connectivity index (χ4v) is 2.20. The summed E-state index contributed by atoms with van der Waals surface area (Å²) in [7, 11) is 0. The third kappa shape index (κ3) is 2.01. The number of fused-ring (bicyclic) bond motifs is 1. The van der Waals surface area contributed by atoms with Gasteiger partial charge in [0.05, 0.1) is 10.6 Å². The zero-order valence-corrected chi connectivity index (χ0v) is 9.39. The molecule has 1 aliphatic heterocycles. The summed E-state index contributed by atoms with van der Waals surface area (Å²) in [4.78, 5) is 0. The van der Waals surface area contributed by atoms with Gasteiger partial charge in [0.15, 0.2) is 0 Å². The number of rotatable bonds is 0. The van der Waals surface area contributed by atoms with Gasteiger partial charge in [-0.25, -0.2) is 0 Å². The first kappa shape index (κ1) is 12.6. The molecule has 1 unspecified atom stereocenters. The number of aliphatic hydroxyl groups is 2. The highest BCUT2D eigenvalue weighted by Gasteiger charge is 2.42. The normalized spacial score (nSPS) is 22.6. The van der Waals surface area contributed by atoms with E-state index in [2.05, 4.69) is 5.32 Å². The van der Waals surface area contributed by atoms with Crippen molar-refractivity contribution in [1.29, 1.82) is 0 Å². The zero-order valence-electron chi connectivity index (χ0n) is 8.64. The Morgan fingerprint density at radius 1 is 1.35 bits per heavy atom. The standard InChI is InChI=1S/C10H9ClF3NO2/c1-4-5-2-7(9(12,13)14)8(11)3-6(5)10(16,17)15-4/h2-4,15-17H,1H3. The summed E-state index contributed by atoms with van der Waals surface area (Å²) in [5.74, 6) is -2.34. The van der Waals surface area contributed by atoms with Gasteiger partial charge in [-0.15, -0.1) is 0 Å². The van der Waals surface area contributed by atoms with Crippen LogP contribution in [-0.4, -0.2) is 10.2 Å². The van der Waals surface area contributed by atoms with E-state index in [1.165, 1.54) is 6.92 Å². The van der Waals surface area contributed by atoms with Crippen LogP contribution in [0.2, 0.25) is 5.02 Å². The molecule has 0 aromatic heterocycles. The predicted molar refractivity (Wildman–Crippen MR) is 54.1 cm³/mol. The van der Waals surface area contributed by atoms with E-state index in [1.807, 2.05) is 0 Å². The molecule has 0 spiro atoms. The van der Waals surface area contributed by atoms with E-state index in [0.717, 1.165) is 12.1 Å². The van der Waals surface area contributed by atoms with Crippen molar-refractivity contribution in [2.45, 2.75) is 25.1 Å². The number of halogens is 4. The molecule has 0 saturated carbocycles. The maximum atomic E-state index is 12.6. The molecule has 0 aliphatic carbocycles. The molecule has 1 atom stereocenters. The molecule has 1 aromatic rings. The number of alkyl halides is 3. The summed E-state index contributed by atoms with van der Waals surface area (Å²) in [6.45, 7) is 1.53. The Kier molecular flexibility index (Phi) is 2.66. The predicted octanol–water partition coefficient (Wildman–Crippen LogP) is 2.12. The molecular formula is C10H9ClF3NO2. The van der Waals surface area contributed by atoms with Crippen molar-refractivity contribution in [2.24, 2.45) is 0 Å². The van der Waals surface area contributed by atoms with Gasteiger partial charge < -0.3 is 10.2 Å². The van der Waals surface area contributed by atoms with Crippen LogP contribution in [0.1, 0.15) is 29.7 Å². The van der Waals surface area contributed by atoms with Crippen molar-refractivity contribution in [3.63, 3.8) is 0 Å². The van der Waals surface area contributed by atoms with E-state index in [-0.39, 0.29) is 11.1 Å². The minimum atomic E-state index is -4.57. The molecule has 1 aliphatic rings. The molecule has 3 N–H and O–H groups in total. The fraction of sp³-hybridized carbons (Fsp3) is 0.400. The first-order valence-corrected chi connectivity index (χ1v) is 5.14. The highest BCUT2D eigenvalue weighted by molar-refractivity contribution is 6.31. The van der Waals surface area contributed by atoms with Gasteiger partial charge in [0, 0.05) is 11.6 Å². The molecule has 0 fully saturated rings. The molecule has 7 heteroatoms. The molecule has 2 rings (SSSR count). The Morgan fingerprint density at radius 2 is 1.94 bits per heavy atom. The van der Waals surface area contributed by atoms with Crippen LogP contribution in [0.25, 0.3) is 0 Å². The number of hydrogen-bond donors (Lipinski definition) is 3. The average molecular weight is 268 g/mol. The average Bonchev–Trinajstić information content (AvgIpc) is 2.34. The fourth-order valence-electron chi connectivity index (χ4n) is 1.92. The van der Waals surface area contributed by atoms with Crippen LogP contribution in [0.4, 0.5) is 13.2 Å². The molecule has 17 heavy (non-hydrogen) atoms. The van der Waals surface area contributed by atoms with Crippen LogP contribution in [0, 0.1) is 0 Å². The summed E-state index contributed by atoms with van der Waals surface area (Å²) in [5.41, 5.74) is -0.862. The number of hydrogen-bond acceptors (Lipinski definition) is 3. The topological polar surface area (TPSA) is 52.5 Å². The summed E-state index contributed by atoms with van der Waals surface area (Å²) in [6, 6.07) is 1.16. The molecule has 0 amide bonds. The van der Waals surface area contributed by atoms with Crippen LogP contribution in [-0.2, 0) is 12.1 Å². The first-order chi connectivity index (χ1) is 7.63. The maximum Gasteiger partial charge on any atom is 0.417 e. The minimum absolute atomic E-state index is 0.0528. The van der Waals surface area contributed by atoms with Gasteiger partial charge >= 0.3 is 6.18 Å². The Hall–Kier alpha value is -0.820. The summed E-state index contributed by atoms with van der Waals surface area (Å²) in [5, 5.41) is 20.9. The summed E-state index contributed by atoms with van der Waals surface area (Å²) < 4.78 is 37.8. The second-order valence-corrected chi connectivity index (χ2v) is 4.36.